The number of primary amides is 1. The zero-order valence-electron chi connectivity index (χ0n) is 19.8. The minimum Gasteiger partial charge on any atom is -0.375 e. The Bertz CT molecular complexity index is 1080. The minimum absolute atomic E-state index is 0. The number of halogens is 1. The molecule has 2 amide bonds. The van der Waals surface area contributed by atoms with Gasteiger partial charge in [0.2, 0.25) is 5.91 Å². The average molecular weight is 525 g/mol. The predicted molar refractivity (Wildman–Crippen MR) is 137 cm³/mol. The third kappa shape index (κ3) is 7.49. The minimum atomic E-state index is -4.04. The van der Waals surface area contributed by atoms with E-state index in [0.717, 1.165) is 6.42 Å². The molecule has 1 fully saturated rings. The van der Waals surface area contributed by atoms with Gasteiger partial charge in [0.25, 0.3) is 5.91 Å². The Hall–Kier alpha value is -2.50. The van der Waals surface area contributed by atoms with Gasteiger partial charge in [0.1, 0.15) is 5.25 Å². The normalized spacial score (nSPS) is 18.2. The van der Waals surface area contributed by atoms with Gasteiger partial charge in [-0.1, -0.05) is 32.0 Å². The van der Waals surface area contributed by atoms with Gasteiger partial charge in [-0.25, -0.2) is 13.4 Å². The molecule has 0 radical (unpaired) electrons. The number of hydrogen-bond donors (Lipinski definition) is 3. The fraction of sp³-hybridized carbons (Fsp3) is 0.417. The highest BCUT2D eigenvalue weighted by Crippen LogP contribution is 2.24. The van der Waals surface area contributed by atoms with E-state index < -0.39 is 26.9 Å². The van der Waals surface area contributed by atoms with Crippen LogP contribution >= 0.6 is 12.4 Å². The highest BCUT2D eigenvalue weighted by Gasteiger charge is 2.37. The maximum atomic E-state index is 13.3. The molecule has 0 spiro atoms. The molecule has 0 saturated carbocycles. The number of ether oxygens (including phenoxy) is 1. The number of benzene rings is 2. The van der Waals surface area contributed by atoms with Crippen LogP contribution in [-0.4, -0.2) is 62.8 Å². The summed E-state index contributed by atoms with van der Waals surface area (Å²) in [6.45, 7) is 5.96. The lowest BCUT2D eigenvalue weighted by atomic mass is 10.1. The van der Waals surface area contributed by atoms with Gasteiger partial charge in [0, 0.05) is 30.9 Å². The summed E-state index contributed by atoms with van der Waals surface area (Å²) in [6.07, 6.45) is 1.00. The van der Waals surface area contributed by atoms with Crippen molar-refractivity contribution in [3.8, 4) is 0 Å². The second kappa shape index (κ2) is 13.0. The van der Waals surface area contributed by atoms with E-state index in [1.54, 1.807) is 31.2 Å². The number of sulfone groups is 1. The van der Waals surface area contributed by atoms with Crippen LogP contribution in [0.15, 0.2) is 59.5 Å². The molecule has 3 rings (SSSR count). The van der Waals surface area contributed by atoms with Crippen molar-refractivity contribution in [1.29, 1.82) is 0 Å². The van der Waals surface area contributed by atoms with E-state index in [0.29, 0.717) is 30.9 Å². The van der Waals surface area contributed by atoms with Crippen molar-refractivity contribution in [2.75, 3.05) is 31.6 Å². The first-order valence-corrected chi connectivity index (χ1v) is 12.9. The number of nitrogens with two attached hydrogens (primary N) is 1. The second-order valence-electron chi connectivity index (χ2n) is 8.40. The van der Waals surface area contributed by atoms with Gasteiger partial charge < -0.3 is 15.8 Å². The lowest BCUT2D eigenvalue weighted by Crippen LogP contribution is -2.52. The zero-order valence-corrected chi connectivity index (χ0v) is 21.5. The fourth-order valence-electron chi connectivity index (χ4n) is 3.90. The Morgan fingerprint density at radius 1 is 1.14 bits per heavy atom. The monoisotopic (exact) mass is 524 g/mol. The maximum absolute atomic E-state index is 13.3. The maximum Gasteiger partial charge on any atom is 0.255 e. The summed E-state index contributed by atoms with van der Waals surface area (Å²) in [5.74, 6) is -1.77. The molecule has 1 aliphatic rings. The second-order valence-corrected chi connectivity index (χ2v) is 10.5. The molecular formula is C24H33ClN4O5S. The summed E-state index contributed by atoms with van der Waals surface area (Å²) in [4.78, 5) is 24.5. The molecule has 1 heterocycles. The van der Waals surface area contributed by atoms with Gasteiger partial charge in [-0.15, -0.1) is 12.4 Å². The number of nitrogens with one attached hydrogen (secondary N) is 2. The molecule has 35 heavy (non-hydrogen) atoms. The number of morpholine rings is 1. The van der Waals surface area contributed by atoms with Crippen molar-refractivity contribution in [3.63, 3.8) is 0 Å². The molecule has 1 saturated heterocycles. The highest BCUT2D eigenvalue weighted by molar-refractivity contribution is 7.92. The first-order chi connectivity index (χ1) is 16.2. The Kier molecular flexibility index (Phi) is 10.7. The van der Waals surface area contributed by atoms with Crippen LogP contribution in [-0.2, 0) is 19.4 Å². The van der Waals surface area contributed by atoms with Crippen LogP contribution in [0.1, 0.15) is 30.6 Å². The summed E-state index contributed by atoms with van der Waals surface area (Å²) in [7, 11) is -4.04. The number of anilines is 1. The van der Waals surface area contributed by atoms with Gasteiger partial charge in [-0.2, -0.15) is 0 Å². The molecule has 2 aromatic rings. The SMILES string of the molecule is CCC1CN(NCC(C)C(C(N)=O)S(=O)(=O)c2ccc(NC(=O)c3ccccc3)cc2)CCO1.Cl. The molecule has 11 heteroatoms. The fourth-order valence-corrected chi connectivity index (χ4v) is 5.72. The molecule has 0 bridgehead atoms. The summed E-state index contributed by atoms with van der Waals surface area (Å²) in [5.41, 5.74) is 9.69. The molecule has 3 atom stereocenters. The van der Waals surface area contributed by atoms with Crippen molar-refractivity contribution in [2.45, 2.75) is 36.5 Å². The van der Waals surface area contributed by atoms with Crippen molar-refractivity contribution in [2.24, 2.45) is 11.7 Å². The Labute approximate surface area is 212 Å². The van der Waals surface area contributed by atoms with E-state index in [9.17, 15) is 18.0 Å². The molecule has 0 aromatic heterocycles. The number of carbonyl (C=O) groups is 2. The van der Waals surface area contributed by atoms with Crippen LogP contribution in [0, 0.1) is 5.92 Å². The lowest BCUT2D eigenvalue weighted by molar-refractivity contribution is -0.118. The van der Waals surface area contributed by atoms with Crippen LogP contribution in [0.5, 0.6) is 0 Å². The molecule has 4 N–H and O–H groups in total. The molecule has 0 aliphatic carbocycles. The van der Waals surface area contributed by atoms with E-state index in [1.165, 1.54) is 24.3 Å². The van der Waals surface area contributed by atoms with Gasteiger partial charge in [-0.05, 0) is 48.7 Å². The first-order valence-electron chi connectivity index (χ1n) is 11.3. The molecule has 3 unspecified atom stereocenters. The van der Waals surface area contributed by atoms with Crippen LogP contribution in [0.25, 0.3) is 0 Å². The third-order valence-corrected chi connectivity index (χ3v) is 8.13. The Morgan fingerprint density at radius 2 is 1.80 bits per heavy atom. The van der Waals surface area contributed by atoms with Crippen LogP contribution in [0.4, 0.5) is 5.69 Å². The van der Waals surface area contributed by atoms with E-state index in [2.05, 4.69) is 10.7 Å². The summed E-state index contributed by atoms with van der Waals surface area (Å²) in [6, 6.07) is 14.4. The van der Waals surface area contributed by atoms with Gasteiger partial charge in [-0.3, -0.25) is 15.0 Å². The first kappa shape index (κ1) is 28.7. The third-order valence-electron chi connectivity index (χ3n) is 5.84. The molecule has 2 aromatic carbocycles. The topological polar surface area (TPSA) is 131 Å². The van der Waals surface area contributed by atoms with Gasteiger partial charge >= 0.3 is 0 Å². The summed E-state index contributed by atoms with van der Waals surface area (Å²) >= 11 is 0. The number of hydrogen-bond acceptors (Lipinski definition) is 7. The van der Waals surface area contributed by atoms with E-state index in [-0.39, 0.29) is 35.9 Å². The number of carbonyl (C=O) groups excluding carboxylic acids is 2. The van der Waals surface area contributed by atoms with Gasteiger partial charge in [0.05, 0.1) is 17.6 Å². The van der Waals surface area contributed by atoms with Crippen molar-refractivity contribution in [1.82, 2.24) is 10.4 Å². The van der Waals surface area contributed by atoms with E-state index in [1.807, 2.05) is 18.0 Å². The Balaban J connectivity index is 0.00000432. The zero-order chi connectivity index (χ0) is 24.7. The number of rotatable bonds is 10. The summed E-state index contributed by atoms with van der Waals surface area (Å²) in [5, 5.41) is 3.32. The van der Waals surface area contributed by atoms with E-state index >= 15 is 0 Å². The molecule has 1 aliphatic heterocycles. The Morgan fingerprint density at radius 3 is 2.40 bits per heavy atom. The van der Waals surface area contributed by atoms with Crippen LogP contribution in [0.2, 0.25) is 0 Å². The van der Waals surface area contributed by atoms with Gasteiger partial charge in [0.15, 0.2) is 9.84 Å². The van der Waals surface area contributed by atoms with E-state index in [4.69, 9.17) is 10.5 Å². The van der Waals surface area contributed by atoms with Crippen LogP contribution in [0.3, 0.4) is 0 Å². The standard InChI is InChI=1S/C24H32N4O5S.ClH/c1-3-20-16-28(13-14-33-20)26-15-17(2)22(23(25)29)34(31,32)21-11-9-19(10-12-21)27-24(30)18-7-5-4-6-8-18;/h4-12,17,20,22,26H,3,13-16H2,1-2H3,(H2,25,29)(H,27,30);1H. The highest BCUT2D eigenvalue weighted by atomic mass is 35.5. The van der Waals surface area contributed by atoms with Crippen molar-refractivity contribution < 1.29 is 22.7 Å². The van der Waals surface area contributed by atoms with Crippen LogP contribution < -0.4 is 16.5 Å². The number of amides is 2. The van der Waals surface area contributed by atoms with Crippen molar-refractivity contribution in [3.05, 3.63) is 60.2 Å². The smallest absolute Gasteiger partial charge is 0.255 e. The largest absolute Gasteiger partial charge is 0.375 e. The predicted octanol–water partition coefficient (Wildman–Crippen LogP) is 2.24. The molecule has 9 nitrogen and oxygen atoms in total. The lowest BCUT2D eigenvalue weighted by Gasteiger charge is -2.34. The molecule has 192 valence electrons. The quantitative estimate of drug-likeness (QED) is 0.434. The molecular weight excluding hydrogens is 492 g/mol. The number of hydrazine groups is 1. The average Bonchev–Trinajstić information content (AvgIpc) is 2.83. The van der Waals surface area contributed by atoms with Crippen molar-refractivity contribution >= 4 is 39.7 Å². The number of nitrogens with zero attached hydrogens (tertiary/aromatic N) is 1. The summed E-state index contributed by atoms with van der Waals surface area (Å²) < 4.78 is 32.2.